The highest BCUT2D eigenvalue weighted by Crippen LogP contribution is 2.14. The van der Waals surface area contributed by atoms with Crippen LogP contribution in [0.25, 0.3) is 0 Å². The summed E-state index contributed by atoms with van der Waals surface area (Å²) in [4.78, 5) is 16.8. The number of ketones is 1. The molecule has 164 valence electrons. The predicted molar refractivity (Wildman–Crippen MR) is 123 cm³/mol. The highest BCUT2D eigenvalue weighted by Gasteiger charge is 2.18. The molecule has 0 radical (unpaired) electrons. The molecule has 31 heavy (non-hydrogen) atoms. The van der Waals surface area contributed by atoms with Crippen molar-refractivity contribution in [3.05, 3.63) is 77.9 Å². The Morgan fingerprint density at radius 3 is 2.03 bits per heavy atom. The Hall–Kier alpha value is -2.93. The standard InChI is InChI=1S/C24H30N5O.BrH/c1-6-24-28(18-23(30)20-9-13-22(14-10-20)27(4)5)15-16-29(24)25-17-19-7-11-21(12-8-19)26(2)3;/h7-17H,6,18H2,1-5H3;1H/q+1;/p-1/b25-17+;. The first kappa shape index (κ1) is 24.3. The molecule has 3 rings (SSSR count). The molecule has 1 aromatic heterocycles. The Labute approximate surface area is 195 Å². The average Bonchev–Trinajstić information content (AvgIpc) is 3.13. The number of Topliss-reactive ketones (excluding diaryl/α,β-unsaturated/α-hetero) is 1. The second-order valence-electron chi connectivity index (χ2n) is 7.64. The van der Waals surface area contributed by atoms with E-state index in [0.29, 0.717) is 12.1 Å². The largest absolute Gasteiger partial charge is 1.00 e. The van der Waals surface area contributed by atoms with Gasteiger partial charge in [-0.3, -0.25) is 4.79 Å². The van der Waals surface area contributed by atoms with Gasteiger partial charge < -0.3 is 26.8 Å². The van der Waals surface area contributed by atoms with Crippen LogP contribution < -0.4 is 31.5 Å². The quantitative estimate of drug-likeness (QED) is 0.262. The second kappa shape index (κ2) is 10.9. The molecule has 1 heterocycles. The molecule has 0 aliphatic carbocycles. The number of carbonyl (C=O) groups is 1. The van der Waals surface area contributed by atoms with Gasteiger partial charge in [0.15, 0.2) is 12.7 Å². The van der Waals surface area contributed by atoms with Crippen LogP contribution in [0, 0.1) is 0 Å². The molecular weight excluding hydrogens is 454 g/mol. The van der Waals surface area contributed by atoms with E-state index in [4.69, 9.17) is 0 Å². The summed E-state index contributed by atoms with van der Waals surface area (Å²) in [6, 6.07) is 15.9. The zero-order valence-corrected chi connectivity index (χ0v) is 20.4. The van der Waals surface area contributed by atoms with E-state index in [2.05, 4.69) is 29.1 Å². The minimum atomic E-state index is 0. The van der Waals surface area contributed by atoms with Crippen LogP contribution >= 0.6 is 0 Å². The lowest BCUT2D eigenvalue weighted by Gasteiger charge is -2.12. The van der Waals surface area contributed by atoms with E-state index in [9.17, 15) is 4.79 Å². The predicted octanol–water partition coefficient (Wildman–Crippen LogP) is 0.239. The van der Waals surface area contributed by atoms with E-state index >= 15 is 0 Å². The minimum Gasteiger partial charge on any atom is -1.00 e. The molecule has 0 N–H and O–H groups in total. The van der Waals surface area contributed by atoms with Gasteiger partial charge in [0, 0.05) is 51.5 Å². The third kappa shape index (κ3) is 6.04. The van der Waals surface area contributed by atoms with Crippen LogP contribution in [-0.2, 0) is 13.0 Å². The Balaban J connectivity index is 0.00000341. The maximum atomic E-state index is 12.8. The Morgan fingerprint density at radius 2 is 1.52 bits per heavy atom. The van der Waals surface area contributed by atoms with Gasteiger partial charge in [0.2, 0.25) is 5.78 Å². The number of hydrogen-bond donors (Lipinski definition) is 0. The SMILES string of the molecule is CCc1n(CC(=O)c2ccc(N(C)C)cc2)cc[n+]1/N=C/c1ccc(N(C)C)cc1.[Br-]. The molecule has 0 unspecified atom stereocenters. The van der Waals surface area contributed by atoms with Gasteiger partial charge in [-0.05, 0) is 42.0 Å². The Morgan fingerprint density at radius 1 is 0.968 bits per heavy atom. The summed E-state index contributed by atoms with van der Waals surface area (Å²) in [6.45, 7) is 2.37. The van der Waals surface area contributed by atoms with E-state index in [1.807, 2.05) is 97.3 Å². The molecule has 7 heteroatoms. The first-order chi connectivity index (χ1) is 14.4. The van der Waals surface area contributed by atoms with Crippen LogP contribution in [0.4, 0.5) is 11.4 Å². The molecule has 0 atom stereocenters. The van der Waals surface area contributed by atoms with Crippen molar-refractivity contribution in [2.75, 3.05) is 38.0 Å². The first-order valence-electron chi connectivity index (χ1n) is 10.1. The van der Waals surface area contributed by atoms with E-state index in [0.717, 1.165) is 29.2 Å². The van der Waals surface area contributed by atoms with Crippen molar-refractivity contribution in [2.45, 2.75) is 19.9 Å². The number of nitrogens with zero attached hydrogens (tertiary/aromatic N) is 5. The van der Waals surface area contributed by atoms with Crippen LogP contribution in [0.1, 0.15) is 28.7 Å². The van der Waals surface area contributed by atoms with Crippen LogP contribution in [0.2, 0.25) is 0 Å². The summed E-state index contributed by atoms with van der Waals surface area (Å²) in [5.74, 6) is 1.07. The fourth-order valence-corrected chi connectivity index (χ4v) is 3.24. The summed E-state index contributed by atoms with van der Waals surface area (Å²) < 4.78 is 3.80. The van der Waals surface area contributed by atoms with Crippen LogP contribution in [0.5, 0.6) is 0 Å². The zero-order chi connectivity index (χ0) is 21.7. The van der Waals surface area contributed by atoms with Crippen molar-refractivity contribution in [1.82, 2.24) is 4.57 Å². The lowest BCUT2D eigenvalue weighted by Crippen LogP contribution is -3.00. The monoisotopic (exact) mass is 483 g/mol. The Bertz CT molecular complexity index is 1020. The molecule has 3 aromatic rings. The van der Waals surface area contributed by atoms with Gasteiger partial charge in [-0.15, -0.1) is 4.68 Å². The molecule has 0 aliphatic heterocycles. The van der Waals surface area contributed by atoms with Crippen molar-refractivity contribution in [3.63, 3.8) is 0 Å². The minimum absolute atomic E-state index is 0. The van der Waals surface area contributed by atoms with Crippen molar-refractivity contribution in [1.29, 1.82) is 0 Å². The number of imidazole rings is 1. The molecule has 6 nitrogen and oxygen atoms in total. The number of halogens is 1. The third-order valence-corrected chi connectivity index (χ3v) is 5.06. The van der Waals surface area contributed by atoms with E-state index in [-0.39, 0.29) is 22.8 Å². The lowest BCUT2D eigenvalue weighted by molar-refractivity contribution is -0.685. The highest BCUT2D eigenvalue weighted by molar-refractivity contribution is 5.96. The number of benzene rings is 2. The van der Waals surface area contributed by atoms with E-state index in [1.165, 1.54) is 0 Å². The molecule has 0 aliphatic rings. The maximum absolute atomic E-state index is 12.8. The third-order valence-electron chi connectivity index (χ3n) is 5.06. The molecule has 0 bridgehead atoms. The fraction of sp³-hybridized carbons (Fsp3) is 0.292. The van der Waals surface area contributed by atoms with Crippen molar-refractivity contribution in [2.24, 2.45) is 5.10 Å². The lowest BCUT2D eigenvalue weighted by atomic mass is 10.1. The topological polar surface area (TPSA) is 44.7 Å². The van der Waals surface area contributed by atoms with Gasteiger partial charge in [-0.1, -0.05) is 24.2 Å². The molecular formula is C24H30BrN5O. The van der Waals surface area contributed by atoms with Crippen LogP contribution in [-0.4, -0.2) is 44.8 Å². The number of anilines is 2. The summed E-state index contributed by atoms with van der Waals surface area (Å²) in [5.41, 5.74) is 3.97. The van der Waals surface area contributed by atoms with Crippen LogP contribution in [0.15, 0.2) is 66.0 Å². The molecule has 0 saturated heterocycles. The summed E-state index contributed by atoms with van der Waals surface area (Å²) in [5, 5.41) is 4.59. The normalized spacial score (nSPS) is 10.7. The first-order valence-corrected chi connectivity index (χ1v) is 10.1. The van der Waals surface area contributed by atoms with Gasteiger partial charge in [0.05, 0.1) is 6.21 Å². The van der Waals surface area contributed by atoms with Gasteiger partial charge in [-0.25, -0.2) is 4.57 Å². The van der Waals surface area contributed by atoms with Gasteiger partial charge in [0.1, 0.15) is 6.20 Å². The Kier molecular flexibility index (Phi) is 8.56. The molecule has 0 spiro atoms. The molecule has 0 saturated carbocycles. The second-order valence-corrected chi connectivity index (χ2v) is 7.64. The molecule has 0 amide bonds. The summed E-state index contributed by atoms with van der Waals surface area (Å²) >= 11 is 0. The van der Waals surface area contributed by atoms with E-state index in [1.54, 1.807) is 0 Å². The zero-order valence-electron chi connectivity index (χ0n) is 18.8. The van der Waals surface area contributed by atoms with E-state index < -0.39 is 0 Å². The number of rotatable bonds is 8. The van der Waals surface area contributed by atoms with Gasteiger partial charge >= 0.3 is 0 Å². The summed E-state index contributed by atoms with van der Waals surface area (Å²) in [6.07, 6.45) is 6.42. The van der Waals surface area contributed by atoms with Gasteiger partial charge in [0.25, 0.3) is 5.82 Å². The molecule has 2 aromatic carbocycles. The van der Waals surface area contributed by atoms with Crippen molar-refractivity contribution >= 4 is 23.4 Å². The number of hydrogen-bond acceptors (Lipinski definition) is 4. The fourth-order valence-electron chi connectivity index (χ4n) is 3.24. The summed E-state index contributed by atoms with van der Waals surface area (Å²) in [7, 11) is 8.01. The molecule has 0 fully saturated rings. The van der Waals surface area contributed by atoms with Gasteiger partial charge in [-0.2, -0.15) is 0 Å². The number of aromatic nitrogens is 2. The maximum Gasteiger partial charge on any atom is 0.282 e. The smallest absolute Gasteiger partial charge is 0.282 e. The highest BCUT2D eigenvalue weighted by atomic mass is 79.9. The van der Waals surface area contributed by atoms with Crippen molar-refractivity contribution in [3.8, 4) is 0 Å². The van der Waals surface area contributed by atoms with Crippen LogP contribution in [0.3, 0.4) is 0 Å². The average molecular weight is 484 g/mol. The number of carbonyl (C=O) groups excluding carboxylic acids is 1. The van der Waals surface area contributed by atoms with Crippen molar-refractivity contribution < 1.29 is 26.5 Å².